The highest BCUT2D eigenvalue weighted by Crippen LogP contribution is 2.04. The van der Waals surface area contributed by atoms with Gasteiger partial charge in [-0.05, 0) is 19.4 Å². The van der Waals surface area contributed by atoms with Crippen LogP contribution in [0.3, 0.4) is 0 Å². The smallest absolute Gasteiger partial charge is 0.429 e. The highest BCUT2D eigenvalue weighted by Gasteiger charge is 2.06. The Kier molecular flexibility index (Phi) is 3.98. The van der Waals surface area contributed by atoms with Crippen LogP contribution in [-0.4, -0.2) is 6.16 Å². The Morgan fingerprint density at radius 1 is 1.21 bits per heavy atom. The third-order valence-corrected chi connectivity index (χ3v) is 1.49. The van der Waals surface area contributed by atoms with Crippen molar-refractivity contribution in [3.63, 3.8) is 0 Å². The Labute approximate surface area is 83.6 Å². The minimum atomic E-state index is -0.658. The van der Waals surface area contributed by atoms with Crippen LogP contribution in [0.15, 0.2) is 30.3 Å². The first-order chi connectivity index (χ1) is 6.68. The van der Waals surface area contributed by atoms with E-state index in [2.05, 4.69) is 0 Å². The molecule has 75 valence electrons. The molecule has 0 heterocycles. The van der Waals surface area contributed by atoms with Crippen LogP contribution in [0.25, 0.3) is 0 Å². The maximum Gasteiger partial charge on any atom is 0.509 e. The summed E-state index contributed by atoms with van der Waals surface area (Å²) in [5.74, 6) is 0. The Hall–Kier alpha value is -1.51. The van der Waals surface area contributed by atoms with Gasteiger partial charge in [0, 0.05) is 0 Å². The lowest BCUT2D eigenvalue weighted by Crippen LogP contribution is -2.08. The maximum absolute atomic E-state index is 11.0. The zero-order chi connectivity index (χ0) is 10.4. The minimum Gasteiger partial charge on any atom is -0.429 e. The van der Waals surface area contributed by atoms with E-state index >= 15 is 0 Å². The second kappa shape index (κ2) is 5.27. The van der Waals surface area contributed by atoms with Crippen LogP contribution in [0.4, 0.5) is 4.79 Å². The molecule has 0 aliphatic rings. The van der Waals surface area contributed by atoms with Crippen molar-refractivity contribution in [1.82, 2.24) is 0 Å². The third kappa shape index (κ3) is 3.94. The van der Waals surface area contributed by atoms with E-state index in [1.54, 1.807) is 13.8 Å². The molecular weight excluding hydrogens is 180 g/mol. The van der Waals surface area contributed by atoms with Gasteiger partial charge in [0.2, 0.25) is 0 Å². The molecule has 14 heavy (non-hydrogen) atoms. The van der Waals surface area contributed by atoms with Gasteiger partial charge in [-0.3, -0.25) is 0 Å². The Morgan fingerprint density at radius 3 is 2.43 bits per heavy atom. The molecule has 0 aliphatic carbocycles. The van der Waals surface area contributed by atoms with Gasteiger partial charge in [0.1, 0.15) is 12.7 Å². The van der Waals surface area contributed by atoms with E-state index in [9.17, 15) is 4.79 Å². The minimum absolute atomic E-state index is 0.243. The number of carbonyl (C=O) groups is 1. The van der Waals surface area contributed by atoms with E-state index in [4.69, 9.17) is 9.47 Å². The average molecular weight is 193 g/mol. The molecule has 3 nitrogen and oxygen atoms in total. The van der Waals surface area contributed by atoms with Gasteiger partial charge in [0.15, 0.2) is 0 Å². The molecule has 1 aromatic carbocycles. The van der Waals surface area contributed by atoms with E-state index in [1.165, 1.54) is 0 Å². The van der Waals surface area contributed by atoms with Crippen molar-refractivity contribution in [3.05, 3.63) is 42.0 Å². The van der Waals surface area contributed by atoms with Crippen molar-refractivity contribution in [3.8, 4) is 0 Å². The summed E-state index contributed by atoms with van der Waals surface area (Å²) in [4.78, 5) is 11.0. The predicted octanol–water partition coefficient (Wildman–Crippen LogP) is 2.91. The molecule has 0 spiro atoms. The van der Waals surface area contributed by atoms with Crippen LogP contribution in [0.2, 0.25) is 0 Å². The van der Waals surface area contributed by atoms with Crippen molar-refractivity contribution >= 4 is 6.16 Å². The number of hydrogen-bond acceptors (Lipinski definition) is 3. The van der Waals surface area contributed by atoms with Gasteiger partial charge in [-0.2, -0.15) is 0 Å². The average Bonchev–Trinajstić information content (AvgIpc) is 2.15. The van der Waals surface area contributed by atoms with Crippen molar-refractivity contribution in [2.24, 2.45) is 0 Å². The fourth-order valence-electron chi connectivity index (χ4n) is 0.913. The largest absolute Gasteiger partial charge is 0.509 e. The molecule has 0 amide bonds. The first-order valence-electron chi connectivity index (χ1n) is 4.37. The summed E-state index contributed by atoms with van der Waals surface area (Å²) in [6.45, 7) is 3.64. The molecule has 0 saturated heterocycles. The summed E-state index contributed by atoms with van der Waals surface area (Å²) >= 11 is 0. The van der Waals surface area contributed by atoms with Crippen LogP contribution in [0, 0.1) is 6.10 Å². The van der Waals surface area contributed by atoms with Crippen molar-refractivity contribution < 1.29 is 14.3 Å². The second-order valence-electron chi connectivity index (χ2n) is 3.03. The summed E-state index contributed by atoms with van der Waals surface area (Å²) in [6, 6.07) is 9.46. The highest BCUT2D eigenvalue weighted by atomic mass is 16.7. The van der Waals surface area contributed by atoms with Gasteiger partial charge in [-0.15, -0.1) is 0 Å². The van der Waals surface area contributed by atoms with Gasteiger partial charge in [-0.1, -0.05) is 30.3 Å². The zero-order valence-electron chi connectivity index (χ0n) is 8.32. The monoisotopic (exact) mass is 193 g/mol. The van der Waals surface area contributed by atoms with E-state index in [-0.39, 0.29) is 6.61 Å². The molecule has 0 aromatic heterocycles. The fraction of sp³-hybridized carbons (Fsp3) is 0.273. The quantitative estimate of drug-likeness (QED) is 0.692. The van der Waals surface area contributed by atoms with Crippen LogP contribution in [0.5, 0.6) is 0 Å². The molecule has 3 heteroatoms. The zero-order valence-corrected chi connectivity index (χ0v) is 8.32. The van der Waals surface area contributed by atoms with Gasteiger partial charge in [-0.25, -0.2) is 4.79 Å². The Bertz CT molecular complexity index is 280. The molecule has 0 bridgehead atoms. The number of ether oxygens (including phenoxy) is 2. The highest BCUT2D eigenvalue weighted by molar-refractivity contribution is 5.60. The molecule has 1 rings (SSSR count). The molecule has 0 atom stereocenters. The molecule has 1 radical (unpaired) electrons. The molecule has 0 unspecified atom stereocenters. The first-order valence-corrected chi connectivity index (χ1v) is 4.37. The van der Waals surface area contributed by atoms with Gasteiger partial charge < -0.3 is 9.47 Å². The van der Waals surface area contributed by atoms with Gasteiger partial charge in [0.05, 0.1) is 0 Å². The van der Waals surface area contributed by atoms with Gasteiger partial charge >= 0.3 is 6.16 Å². The van der Waals surface area contributed by atoms with E-state index in [0.29, 0.717) is 6.10 Å². The number of benzene rings is 1. The van der Waals surface area contributed by atoms with Crippen molar-refractivity contribution in [1.29, 1.82) is 0 Å². The number of hydrogen-bond donors (Lipinski definition) is 0. The lowest BCUT2D eigenvalue weighted by Gasteiger charge is -2.07. The van der Waals surface area contributed by atoms with E-state index in [0.717, 1.165) is 5.56 Å². The summed E-state index contributed by atoms with van der Waals surface area (Å²) in [5, 5.41) is 0. The van der Waals surface area contributed by atoms with E-state index < -0.39 is 6.16 Å². The second-order valence-corrected chi connectivity index (χ2v) is 3.03. The SMILES string of the molecule is C[C](C)OC(=O)OCc1ccccc1. The first kappa shape index (κ1) is 10.6. The summed E-state index contributed by atoms with van der Waals surface area (Å²) in [5.41, 5.74) is 0.943. The molecule has 0 saturated carbocycles. The molecule has 0 aliphatic heterocycles. The molecule has 0 fully saturated rings. The normalized spacial score (nSPS) is 9.93. The van der Waals surface area contributed by atoms with Crippen LogP contribution in [0.1, 0.15) is 19.4 Å². The van der Waals surface area contributed by atoms with Crippen molar-refractivity contribution in [2.75, 3.05) is 0 Å². The summed E-state index contributed by atoms with van der Waals surface area (Å²) < 4.78 is 9.58. The fourth-order valence-corrected chi connectivity index (χ4v) is 0.913. The van der Waals surface area contributed by atoms with Crippen LogP contribution in [-0.2, 0) is 16.1 Å². The predicted molar refractivity (Wildman–Crippen MR) is 52.3 cm³/mol. The standard InChI is InChI=1S/C11H13O3/c1-9(2)14-11(12)13-8-10-6-4-3-5-7-10/h3-7H,8H2,1-2H3. The summed E-state index contributed by atoms with van der Waals surface area (Å²) in [7, 11) is 0. The molecule has 0 N–H and O–H groups in total. The number of carbonyl (C=O) groups excluding carboxylic acids is 1. The molecular formula is C11H13O3. The maximum atomic E-state index is 11.0. The van der Waals surface area contributed by atoms with Gasteiger partial charge in [0.25, 0.3) is 0 Å². The molecule has 1 aromatic rings. The Balaban J connectivity index is 2.31. The van der Waals surface area contributed by atoms with Crippen molar-refractivity contribution in [2.45, 2.75) is 20.5 Å². The number of rotatable bonds is 3. The lowest BCUT2D eigenvalue weighted by molar-refractivity contribution is 0.0570. The third-order valence-electron chi connectivity index (χ3n) is 1.49. The summed E-state index contributed by atoms with van der Waals surface area (Å²) in [6.07, 6.45) is -0.0862. The van der Waals surface area contributed by atoms with Crippen LogP contribution >= 0.6 is 0 Å². The lowest BCUT2D eigenvalue weighted by atomic mass is 10.2. The van der Waals surface area contributed by atoms with Crippen LogP contribution < -0.4 is 0 Å². The topological polar surface area (TPSA) is 35.5 Å². The van der Waals surface area contributed by atoms with E-state index in [1.807, 2.05) is 30.3 Å². The Morgan fingerprint density at radius 2 is 1.86 bits per heavy atom.